The summed E-state index contributed by atoms with van der Waals surface area (Å²) in [7, 11) is 0. The molecule has 2 aromatic rings. The molecule has 9 nitrogen and oxygen atoms in total. The van der Waals surface area contributed by atoms with Gasteiger partial charge in [-0.1, -0.05) is 24.1 Å². The van der Waals surface area contributed by atoms with Crippen molar-refractivity contribution in [1.29, 1.82) is 0 Å². The molecular weight excluding hydrogens is 511 g/mol. The Bertz CT molecular complexity index is 1130. The first-order valence-electron chi connectivity index (χ1n) is 13.8. The molecule has 3 heterocycles. The number of rotatable bonds is 5. The summed E-state index contributed by atoms with van der Waals surface area (Å²) in [6.45, 7) is 13.0. The van der Waals surface area contributed by atoms with Crippen molar-refractivity contribution in [1.82, 2.24) is 25.1 Å². The van der Waals surface area contributed by atoms with Gasteiger partial charge in [-0.3, -0.25) is 4.79 Å². The number of anilines is 1. The molecule has 0 radical (unpaired) electrons. The van der Waals surface area contributed by atoms with Gasteiger partial charge in [-0.05, 0) is 66.0 Å². The molecule has 4 rings (SSSR count). The van der Waals surface area contributed by atoms with Crippen molar-refractivity contribution in [2.75, 3.05) is 37.6 Å². The molecule has 1 aromatic carbocycles. The van der Waals surface area contributed by atoms with Crippen LogP contribution in [0.5, 0.6) is 0 Å². The third-order valence-corrected chi connectivity index (χ3v) is 6.78. The first kappa shape index (κ1) is 30.7. The van der Waals surface area contributed by atoms with Crippen LogP contribution in [0.3, 0.4) is 0 Å². The number of halogens is 1. The van der Waals surface area contributed by atoms with Crippen LogP contribution in [0.25, 0.3) is 0 Å². The Balaban J connectivity index is 0.000000472. The van der Waals surface area contributed by atoms with E-state index in [0.29, 0.717) is 24.6 Å². The van der Waals surface area contributed by atoms with E-state index in [4.69, 9.17) is 11.2 Å². The maximum Gasteiger partial charge on any atom is 0.407 e. The lowest BCUT2D eigenvalue weighted by Gasteiger charge is -2.36. The molecular formula is C30H41FN6O3. The van der Waals surface area contributed by atoms with Crippen molar-refractivity contribution in [2.45, 2.75) is 71.6 Å². The summed E-state index contributed by atoms with van der Waals surface area (Å²) < 4.78 is 17.4. The molecule has 1 atom stereocenters. The van der Waals surface area contributed by atoms with Gasteiger partial charge in [0.25, 0.3) is 5.91 Å². The Morgan fingerprint density at radius 2 is 1.75 bits per heavy atom. The molecule has 0 bridgehead atoms. The van der Waals surface area contributed by atoms with Gasteiger partial charge in [-0.25, -0.2) is 19.2 Å². The Hall–Kier alpha value is -3.87. The molecule has 1 N–H and O–H groups in total. The van der Waals surface area contributed by atoms with Gasteiger partial charge in [0.05, 0.1) is 11.6 Å². The van der Waals surface area contributed by atoms with Gasteiger partial charge in [-0.15, -0.1) is 0 Å². The van der Waals surface area contributed by atoms with Crippen LogP contribution < -0.4 is 10.2 Å². The van der Waals surface area contributed by atoms with Crippen LogP contribution >= 0.6 is 0 Å². The fraction of sp³-hybridized carbons (Fsp3) is 0.533. The van der Waals surface area contributed by atoms with Crippen molar-refractivity contribution in [3.63, 3.8) is 0 Å². The van der Waals surface area contributed by atoms with Crippen molar-refractivity contribution in [3.05, 3.63) is 53.6 Å². The smallest absolute Gasteiger partial charge is 0.407 e. The Labute approximate surface area is 237 Å². The maximum atomic E-state index is 13.1. The molecule has 216 valence electrons. The van der Waals surface area contributed by atoms with E-state index in [0.717, 1.165) is 44.5 Å². The van der Waals surface area contributed by atoms with E-state index < -0.39 is 11.7 Å². The minimum Gasteiger partial charge on any atom is -0.444 e. The fourth-order valence-electron chi connectivity index (χ4n) is 4.70. The molecule has 40 heavy (non-hydrogen) atoms. The second kappa shape index (κ2) is 14.0. The monoisotopic (exact) mass is 552 g/mol. The van der Waals surface area contributed by atoms with E-state index >= 15 is 0 Å². The van der Waals surface area contributed by atoms with Gasteiger partial charge in [0.15, 0.2) is 0 Å². The number of terminal acetylenes is 1. The molecule has 2 aliphatic heterocycles. The highest BCUT2D eigenvalue weighted by atomic mass is 19.1. The molecule has 0 saturated carbocycles. The lowest BCUT2D eigenvalue weighted by atomic mass is 10.0. The van der Waals surface area contributed by atoms with Gasteiger partial charge in [-0.2, -0.15) is 0 Å². The van der Waals surface area contributed by atoms with E-state index in [1.54, 1.807) is 24.5 Å². The highest BCUT2D eigenvalue weighted by Gasteiger charge is 2.29. The van der Waals surface area contributed by atoms with E-state index in [-0.39, 0.29) is 23.8 Å². The molecule has 0 spiro atoms. The summed E-state index contributed by atoms with van der Waals surface area (Å²) >= 11 is 0. The number of carbonyl (C=O) groups excluding carboxylic acids is 2. The number of hydrogen-bond donors (Lipinski definition) is 1. The number of piperidine rings is 1. The minimum atomic E-state index is -0.529. The number of hydrogen-bond acceptors (Lipinski definition) is 7. The zero-order chi connectivity index (χ0) is 29.3. The molecule has 1 aromatic heterocycles. The van der Waals surface area contributed by atoms with Crippen LogP contribution in [-0.4, -0.2) is 82.2 Å². The number of nitrogens with zero attached hydrogens (tertiary/aromatic N) is 5. The van der Waals surface area contributed by atoms with Gasteiger partial charge in [0.2, 0.25) is 5.95 Å². The van der Waals surface area contributed by atoms with Crippen LogP contribution in [-0.2, 0) is 4.74 Å². The lowest BCUT2D eigenvalue weighted by molar-refractivity contribution is 0.0508. The van der Waals surface area contributed by atoms with Gasteiger partial charge < -0.3 is 24.8 Å². The first-order valence-corrected chi connectivity index (χ1v) is 13.8. The summed E-state index contributed by atoms with van der Waals surface area (Å²) in [5, 5.41) is 2.90. The van der Waals surface area contributed by atoms with Crippen LogP contribution in [0, 0.1) is 25.2 Å². The average molecular weight is 553 g/mol. The predicted molar refractivity (Wildman–Crippen MR) is 153 cm³/mol. The van der Waals surface area contributed by atoms with Crippen molar-refractivity contribution in [3.8, 4) is 12.5 Å². The number of aromatic nitrogens is 2. The topological polar surface area (TPSA) is 90.9 Å². The standard InChI is InChI=1S/C23H34N6O3.C7H7F/c1-6-27-11-9-19(10-12-27)29(7-2)20(30)17-14-24-21(25-15-17)28-13-8-18(16-28)26-22(31)32-23(3,4)5;1-6-2-4-7(8)5-3-6/h1,14-15,18-19H,7-13,16H2,2-5H3,(H,26,31);2-5H,1H3/t18-;/m1./s1. The molecule has 0 aliphatic carbocycles. The number of aryl methyl sites for hydroxylation is 1. The SMILES string of the molecule is C#CN1CCC(N(CC)C(=O)c2cnc(N3CC[C@@H](NC(=O)OC(C)(C)C)C3)nc2)CC1.Cc1ccc(F)cc1. The van der Waals surface area contributed by atoms with Gasteiger partial charge in [0.1, 0.15) is 11.4 Å². The quantitative estimate of drug-likeness (QED) is 0.555. The van der Waals surface area contributed by atoms with Gasteiger partial charge >= 0.3 is 6.09 Å². The third-order valence-electron chi connectivity index (χ3n) is 6.78. The Morgan fingerprint density at radius 3 is 2.27 bits per heavy atom. The van der Waals surface area contributed by atoms with Gasteiger partial charge in [0, 0.05) is 57.2 Å². The highest BCUT2D eigenvalue weighted by Crippen LogP contribution is 2.20. The summed E-state index contributed by atoms with van der Waals surface area (Å²) in [5.41, 5.74) is 1.04. The summed E-state index contributed by atoms with van der Waals surface area (Å²) in [4.78, 5) is 39.8. The second-order valence-electron chi connectivity index (χ2n) is 11.1. The number of nitrogens with one attached hydrogen (secondary N) is 1. The molecule has 2 fully saturated rings. The van der Waals surface area contributed by atoms with E-state index in [9.17, 15) is 14.0 Å². The normalized spacial score (nSPS) is 17.4. The largest absolute Gasteiger partial charge is 0.444 e. The van der Waals surface area contributed by atoms with Crippen molar-refractivity contribution in [2.24, 2.45) is 0 Å². The Kier molecular flexibility index (Phi) is 10.7. The third kappa shape index (κ3) is 9.11. The Morgan fingerprint density at radius 1 is 1.12 bits per heavy atom. The highest BCUT2D eigenvalue weighted by molar-refractivity contribution is 5.94. The number of benzene rings is 1. The molecule has 2 amide bonds. The number of carbonyl (C=O) groups is 2. The van der Waals surface area contributed by atoms with E-state index in [2.05, 4.69) is 21.3 Å². The van der Waals surface area contributed by atoms with E-state index in [1.165, 1.54) is 12.1 Å². The number of amides is 2. The molecule has 0 unspecified atom stereocenters. The van der Waals surface area contributed by atoms with Crippen molar-refractivity contribution < 1.29 is 18.7 Å². The molecule has 2 aliphatic rings. The predicted octanol–water partition coefficient (Wildman–Crippen LogP) is 4.23. The average Bonchev–Trinajstić information content (AvgIpc) is 3.38. The number of ether oxygens (including phenoxy) is 1. The van der Waals surface area contributed by atoms with Crippen LogP contribution in [0.15, 0.2) is 36.7 Å². The summed E-state index contributed by atoms with van der Waals surface area (Å²) in [5.74, 6) is 0.333. The van der Waals surface area contributed by atoms with Crippen LogP contribution in [0.2, 0.25) is 0 Å². The molecule has 2 saturated heterocycles. The summed E-state index contributed by atoms with van der Waals surface area (Å²) in [6, 6.07) is 9.22. The van der Waals surface area contributed by atoms with Crippen molar-refractivity contribution >= 4 is 17.9 Å². The minimum absolute atomic E-state index is 0.0285. The zero-order valence-corrected chi connectivity index (χ0v) is 24.2. The number of alkyl carbamates (subject to hydrolysis) is 1. The first-order chi connectivity index (χ1) is 19.0. The number of likely N-dealkylation sites (tertiary alicyclic amines) is 1. The van der Waals surface area contributed by atoms with E-state index in [1.807, 2.05) is 49.3 Å². The lowest BCUT2D eigenvalue weighted by Crippen LogP contribution is -2.46. The van der Waals surface area contributed by atoms with Crippen LogP contribution in [0.4, 0.5) is 15.1 Å². The fourth-order valence-corrected chi connectivity index (χ4v) is 4.70. The zero-order valence-electron chi connectivity index (χ0n) is 24.2. The molecule has 10 heteroatoms. The van der Waals surface area contributed by atoms with Crippen LogP contribution in [0.1, 0.15) is 62.9 Å². The second-order valence-corrected chi connectivity index (χ2v) is 11.1. The summed E-state index contributed by atoms with van der Waals surface area (Å²) in [6.07, 6.45) is 10.8. The maximum absolute atomic E-state index is 13.1.